The maximum absolute atomic E-state index is 12.8. The van der Waals surface area contributed by atoms with Crippen LogP contribution in [0, 0.1) is 11.3 Å². The molecule has 1 aliphatic rings. The third-order valence-electron chi connectivity index (χ3n) is 5.29. The number of nitrogens with zero attached hydrogens (tertiary/aromatic N) is 4. The summed E-state index contributed by atoms with van der Waals surface area (Å²) in [5.41, 5.74) is 1.48. The molecule has 0 radical (unpaired) electrons. The quantitative estimate of drug-likeness (QED) is 0.508. The van der Waals surface area contributed by atoms with E-state index in [4.69, 9.17) is 32.4 Å². The van der Waals surface area contributed by atoms with Crippen LogP contribution in [0.4, 0.5) is 5.88 Å². The van der Waals surface area contributed by atoms with Crippen LogP contribution in [-0.4, -0.2) is 49.1 Å². The number of halogens is 2. The molecule has 1 fully saturated rings. The Kier molecular flexibility index (Phi) is 6.87. The average Bonchev–Trinajstić information content (AvgIpc) is 3.26. The second kappa shape index (κ2) is 9.99. The van der Waals surface area contributed by atoms with Crippen LogP contribution in [0.5, 0.6) is 5.75 Å². The molecule has 0 saturated carbocycles. The summed E-state index contributed by atoms with van der Waals surface area (Å²) in [6.07, 6.45) is 3.52. The van der Waals surface area contributed by atoms with Crippen LogP contribution in [0.15, 0.2) is 46.9 Å². The minimum absolute atomic E-state index is 0.158. The lowest BCUT2D eigenvalue weighted by Gasteiger charge is -2.34. The zero-order valence-electron chi connectivity index (χ0n) is 17.8. The van der Waals surface area contributed by atoms with E-state index >= 15 is 0 Å². The third-order valence-corrected chi connectivity index (χ3v) is 5.84. The van der Waals surface area contributed by atoms with Gasteiger partial charge in [-0.2, -0.15) is 10.2 Å². The zero-order valence-corrected chi connectivity index (χ0v) is 19.3. The van der Waals surface area contributed by atoms with Crippen molar-refractivity contribution < 1.29 is 13.9 Å². The largest absolute Gasteiger partial charge is 0.496 e. The highest BCUT2D eigenvalue weighted by molar-refractivity contribution is 6.36. The van der Waals surface area contributed by atoms with E-state index in [0.717, 1.165) is 11.3 Å². The first-order chi connectivity index (χ1) is 16.0. The van der Waals surface area contributed by atoms with Crippen molar-refractivity contribution in [3.63, 3.8) is 0 Å². The van der Waals surface area contributed by atoms with Crippen molar-refractivity contribution in [3.05, 3.63) is 75.2 Å². The Morgan fingerprint density at radius 3 is 2.61 bits per heavy atom. The van der Waals surface area contributed by atoms with Gasteiger partial charge in [-0.15, -0.1) is 0 Å². The van der Waals surface area contributed by atoms with Crippen LogP contribution >= 0.6 is 23.2 Å². The van der Waals surface area contributed by atoms with E-state index in [1.165, 1.54) is 0 Å². The number of benzene rings is 2. The van der Waals surface area contributed by atoms with Gasteiger partial charge in [0.2, 0.25) is 17.5 Å². The number of nitriles is 1. The molecule has 33 heavy (non-hydrogen) atoms. The monoisotopic (exact) mass is 482 g/mol. The Labute approximate surface area is 201 Å². The van der Waals surface area contributed by atoms with E-state index in [-0.39, 0.29) is 11.6 Å². The second-order valence-electron chi connectivity index (χ2n) is 7.30. The summed E-state index contributed by atoms with van der Waals surface area (Å²) < 4.78 is 11.2. The predicted molar refractivity (Wildman–Crippen MR) is 128 cm³/mol. The molecule has 168 valence electrons. The summed E-state index contributed by atoms with van der Waals surface area (Å²) in [6.45, 7) is 1.90. The van der Waals surface area contributed by atoms with Crippen molar-refractivity contribution in [2.45, 2.75) is 0 Å². The third kappa shape index (κ3) is 4.98. The van der Waals surface area contributed by atoms with E-state index in [0.29, 0.717) is 53.6 Å². The van der Waals surface area contributed by atoms with Gasteiger partial charge in [0.15, 0.2) is 0 Å². The first-order valence-corrected chi connectivity index (χ1v) is 11.0. The molecular formula is C24H20Cl2N4O3. The Morgan fingerprint density at radius 1 is 1.15 bits per heavy atom. The van der Waals surface area contributed by atoms with Crippen LogP contribution in [-0.2, 0) is 0 Å². The summed E-state index contributed by atoms with van der Waals surface area (Å²) >= 11 is 12.1. The van der Waals surface area contributed by atoms with E-state index in [1.54, 1.807) is 36.3 Å². The molecule has 0 aliphatic carbocycles. The summed E-state index contributed by atoms with van der Waals surface area (Å²) in [5, 5.41) is 10.3. The number of piperazine rings is 1. The molecule has 1 aromatic heterocycles. The highest BCUT2D eigenvalue weighted by atomic mass is 35.5. The molecule has 0 spiro atoms. The minimum atomic E-state index is -0.158. The molecule has 0 N–H and O–H groups in total. The number of rotatable bonds is 5. The van der Waals surface area contributed by atoms with Gasteiger partial charge in [-0.1, -0.05) is 41.4 Å². The first-order valence-electron chi connectivity index (χ1n) is 10.2. The molecule has 2 heterocycles. The number of carbonyl (C=O) groups excluding carboxylic acids is 1. The van der Waals surface area contributed by atoms with E-state index < -0.39 is 0 Å². The van der Waals surface area contributed by atoms with E-state index in [9.17, 15) is 10.1 Å². The molecule has 0 atom stereocenters. The molecule has 1 saturated heterocycles. The number of para-hydroxylation sites is 1. The number of methoxy groups -OCH3 is 1. The number of anilines is 1. The van der Waals surface area contributed by atoms with Gasteiger partial charge in [-0.3, -0.25) is 4.79 Å². The second-order valence-corrected chi connectivity index (χ2v) is 8.14. The fraction of sp³-hybridized carbons (Fsp3) is 0.208. The van der Waals surface area contributed by atoms with Crippen molar-refractivity contribution >= 4 is 47.1 Å². The molecular weight excluding hydrogens is 463 g/mol. The Hall–Kier alpha value is -3.47. The standard InChI is InChI=1S/C24H20Cl2N4O3/c1-32-21-5-3-2-4-16(21)6-9-22-28-20(15-27)24(33-22)30-12-10-29(11-13-30)23(31)18-8-7-17(25)14-19(18)26/h2-9,14H,10-13H2,1H3/b9-6+. The van der Waals surface area contributed by atoms with Crippen molar-refractivity contribution in [3.8, 4) is 11.8 Å². The number of oxazole rings is 1. The predicted octanol–water partition coefficient (Wildman–Crippen LogP) is 4.99. The molecule has 7 nitrogen and oxygen atoms in total. The van der Waals surface area contributed by atoms with Gasteiger partial charge in [0.1, 0.15) is 11.8 Å². The number of carbonyl (C=O) groups is 1. The van der Waals surface area contributed by atoms with E-state index in [2.05, 4.69) is 11.1 Å². The van der Waals surface area contributed by atoms with Crippen LogP contribution in [0.3, 0.4) is 0 Å². The molecule has 0 bridgehead atoms. The zero-order chi connectivity index (χ0) is 23.4. The van der Waals surface area contributed by atoms with Crippen LogP contribution < -0.4 is 9.64 Å². The van der Waals surface area contributed by atoms with Crippen LogP contribution in [0.2, 0.25) is 10.0 Å². The smallest absolute Gasteiger partial charge is 0.255 e. The van der Waals surface area contributed by atoms with Crippen molar-refractivity contribution in [2.24, 2.45) is 0 Å². The van der Waals surface area contributed by atoms with Gasteiger partial charge in [-0.05, 0) is 30.3 Å². The lowest BCUT2D eigenvalue weighted by molar-refractivity contribution is 0.0745. The van der Waals surface area contributed by atoms with Gasteiger partial charge < -0.3 is 19.0 Å². The Balaban J connectivity index is 1.46. The number of ether oxygens (including phenoxy) is 1. The van der Waals surface area contributed by atoms with E-state index in [1.807, 2.05) is 35.2 Å². The lowest BCUT2D eigenvalue weighted by Crippen LogP contribution is -2.49. The maximum Gasteiger partial charge on any atom is 0.255 e. The van der Waals surface area contributed by atoms with Crippen molar-refractivity contribution in [1.29, 1.82) is 5.26 Å². The number of hydrogen-bond acceptors (Lipinski definition) is 6. The molecule has 3 aromatic rings. The molecule has 2 aromatic carbocycles. The lowest BCUT2D eigenvalue weighted by atomic mass is 10.1. The minimum Gasteiger partial charge on any atom is -0.496 e. The van der Waals surface area contributed by atoms with Crippen molar-refractivity contribution in [2.75, 3.05) is 38.2 Å². The number of aromatic nitrogens is 1. The summed E-state index contributed by atoms with van der Waals surface area (Å²) in [6, 6.07) is 14.5. The van der Waals surface area contributed by atoms with Gasteiger partial charge >= 0.3 is 0 Å². The van der Waals surface area contributed by atoms with Crippen LogP contribution in [0.25, 0.3) is 12.2 Å². The normalized spacial score (nSPS) is 13.9. The first kappa shape index (κ1) is 22.7. The maximum atomic E-state index is 12.8. The molecule has 1 aliphatic heterocycles. The summed E-state index contributed by atoms with van der Waals surface area (Å²) in [5.74, 6) is 1.28. The average molecular weight is 483 g/mol. The molecule has 9 heteroatoms. The fourth-order valence-corrected chi connectivity index (χ4v) is 4.09. The van der Waals surface area contributed by atoms with Gasteiger partial charge in [0.25, 0.3) is 5.91 Å². The Bertz CT molecular complexity index is 1240. The fourth-order valence-electron chi connectivity index (χ4n) is 3.60. The van der Waals surface area contributed by atoms with Gasteiger partial charge in [0, 0.05) is 42.8 Å². The highest BCUT2D eigenvalue weighted by Gasteiger charge is 2.27. The van der Waals surface area contributed by atoms with Gasteiger partial charge in [-0.25, -0.2) is 0 Å². The topological polar surface area (TPSA) is 82.6 Å². The Morgan fingerprint density at radius 2 is 1.91 bits per heavy atom. The highest BCUT2D eigenvalue weighted by Crippen LogP contribution is 2.27. The number of hydrogen-bond donors (Lipinski definition) is 0. The molecule has 0 unspecified atom stereocenters. The summed E-state index contributed by atoms with van der Waals surface area (Å²) in [7, 11) is 1.61. The molecule has 4 rings (SSSR count). The number of amides is 1. The SMILES string of the molecule is COc1ccccc1/C=C/c1nc(C#N)c(N2CCN(C(=O)c3ccc(Cl)cc3Cl)CC2)o1. The summed E-state index contributed by atoms with van der Waals surface area (Å²) in [4.78, 5) is 20.8. The molecule has 1 amide bonds. The van der Waals surface area contributed by atoms with Gasteiger partial charge in [0.05, 0.1) is 17.7 Å². The van der Waals surface area contributed by atoms with Crippen molar-refractivity contribution in [1.82, 2.24) is 9.88 Å². The van der Waals surface area contributed by atoms with Crippen LogP contribution in [0.1, 0.15) is 27.5 Å².